The minimum atomic E-state index is -0.926. The molecule has 0 unspecified atom stereocenters. The Labute approximate surface area is 182 Å². The van der Waals surface area contributed by atoms with Gasteiger partial charge in [0.05, 0.1) is 13.7 Å². The lowest BCUT2D eigenvalue weighted by atomic mass is 10.1. The highest BCUT2D eigenvalue weighted by Gasteiger charge is 2.27. The molecule has 2 aromatic rings. The van der Waals surface area contributed by atoms with Gasteiger partial charge in [-0.15, -0.1) is 0 Å². The number of nitrogens with one attached hydrogen (secondary N) is 2. The molecule has 1 atom stereocenters. The van der Waals surface area contributed by atoms with Crippen molar-refractivity contribution in [3.8, 4) is 0 Å². The molecule has 0 aliphatic carbocycles. The first-order chi connectivity index (χ1) is 14.7. The van der Waals surface area contributed by atoms with Crippen LogP contribution in [0.4, 0.5) is 9.59 Å². The van der Waals surface area contributed by atoms with Crippen LogP contribution in [0.15, 0.2) is 60.7 Å². The fourth-order valence-electron chi connectivity index (χ4n) is 2.73. The summed E-state index contributed by atoms with van der Waals surface area (Å²) in [5, 5.41) is 3.64. The average Bonchev–Trinajstić information content (AvgIpc) is 2.72. The van der Waals surface area contributed by atoms with Crippen molar-refractivity contribution in [1.82, 2.24) is 15.8 Å². The number of carbonyl (C=O) groups excluding carboxylic acids is 3. The molecule has 0 aliphatic rings. The van der Waals surface area contributed by atoms with Gasteiger partial charge in [0.15, 0.2) is 0 Å². The van der Waals surface area contributed by atoms with E-state index in [0.717, 1.165) is 16.1 Å². The van der Waals surface area contributed by atoms with Crippen LogP contribution in [-0.4, -0.2) is 41.9 Å². The van der Waals surface area contributed by atoms with Crippen LogP contribution in [0.1, 0.15) is 31.9 Å². The van der Waals surface area contributed by atoms with Crippen LogP contribution in [0.3, 0.4) is 0 Å². The molecule has 2 N–H and O–H groups in total. The summed E-state index contributed by atoms with van der Waals surface area (Å²) in [5.41, 5.74) is 3.39. The van der Waals surface area contributed by atoms with Crippen LogP contribution in [0.5, 0.6) is 0 Å². The van der Waals surface area contributed by atoms with Crippen molar-refractivity contribution < 1.29 is 23.9 Å². The number of esters is 1. The summed E-state index contributed by atoms with van der Waals surface area (Å²) in [5.74, 6) is -0.592. The van der Waals surface area contributed by atoms with Gasteiger partial charge < -0.3 is 14.8 Å². The Morgan fingerprint density at radius 3 is 2.00 bits per heavy atom. The van der Waals surface area contributed by atoms with E-state index in [1.165, 1.54) is 7.11 Å². The van der Waals surface area contributed by atoms with Gasteiger partial charge in [-0.1, -0.05) is 60.7 Å². The second-order valence-electron chi connectivity index (χ2n) is 7.90. The minimum absolute atomic E-state index is 0.0880. The number of nitrogens with zero attached hydrogens (tertiary/aromatic N) is 1. The summed E-state index contributed by atoms with van der Waals surface area (Å²) < 4.78 is 10.2. The van der Waals surface area contributed by atoms with E-state index in [1.807, 2.05) is 60.7 Å². The molecule has 0 saturated carbocycles. The number of amides is 3. The molecule has 0 radical (unpaired) electrons. The van der Waals surface area contributed by atoms with Gasteiger partial charge in [-0.05, 0) is 31.9 Å². The molecule has 0 saturated heterocycles. The van der Waals surface area contributed by atoms with Crippen molar-refractivity contribution in [2.75, 3.05) is 7.11 Å². The molecule has 8 nitrogen and oxygen atoms in total. The Hall–Kier alpha value is -3.55. The maximum atomic E-state index is 12.7. The predicted octanol–water partition coefficient (Wildman–Crippen LogP) is 3.42. The lowest BCUT2D eigenvalue weighted by Gasteiger charge is -2.28. The zero-order chi connectivity index (χ0) is 22.9. The van der Waals surface area contributed by atoms with Gasteiger partial charge in [0, 0.05) is 6.42 Å². The van der Waals surface area contributed by atoms with E-state index >= 15 is 0 Å². The fourth-order valence-corrected chi connectivity index (χ4v) is 2.73. The number of benzene rings is 2. The highest BCUT2D eigenvalue weighted by molar-refractivity contribution is 5.84. The Bertz CT molecular complexity index is 866. The zero-order valence-corrected chi connectivity index (χ0v) is 18.3. The van der Waals surface area contributed by atoms with Crippen LogP contribution >= 0.6 is 0 Å². The molecule has 0 aromatic heterocycles. The smallest absolute Gasteiger partial charge is 0.429 e. The number of hydrogen-bond donors (Lipinski definition) is 2. The molecule has 8 heteroatoms. The Kier molecular flexibility index (Phi) is 8.43. The summed E-state index contributed by atoms with van der Waals surface area (Å²) in [6, 6.07) is 16.7. The van der Waals surface area contributed by atoms with Gasteiger partial charge in [-0.3, -0.25) is 0 Å². The third-order valence-corrected chi connectivity index (χ3v) is 4.11. The fraction of sp³-hybridized carbons (Fsp3) is 0.348. The Balaban J connectivity index is 2.12. The van der Waals surface area contributed by atoms with Crippen molar-refractivity contribution in [3.05, 3.63) is 71.8 Å². The van der Waals surface area contributed by atoms with Gasteiger partial charge in [-0.2, -0.15) is 0 Å². The minimum Gasteiger partial charge on any atom is -0.467 e. The van der Waals surface area contributed by atoms with Crippen molar-refractivity contribution in [3.63, 3.8) is 0 Å². The van der Waals surface area contributed by atoms with Gasteiger partial charge >= 0.3 is 18.1 Å². The second kappa shape index (κ2) is 11.0. The number of methoxy groups -OCH3 is 1. The molecule has 0 fully saturated rings. The van der Waals surface area contributed by atoms with Crippen molar-refractivity contribution >= 4 is 18.1 Å². The van der Waals surface area contributed by atoms with Crippen LogP contribution in [0.2, 0.25) is 0 Å². The van der Waals surface area contributed by atoms with Crippen molar-refractivity contribution in [2.24, 2.45) is 0 Å². The molecule has 0 aliphatic heterocycles. The van der Waals surface area contributed by atoms with Gasteiger partial charge in [0.1, 0.15) is 11.6 Å². The van der Waals surface area contributed by atoms with Gasteiger partial charge in [0.25, 0.3) is 0 Å². The van der Waals surface area contributed by atoms with Gasteiger partial charge in [-0.25, -0.2) is 24.8 Å². The highest BCUT2D eigenvalue weighted by atomic mass is 16.6. The quantitative estimate of drug-likeness (QED) is 0.544. The number of carbonyl (C=O) groups is 3. The zero-order valence-electron chi connectivity index (χ0n) is 18.3. The first kappa shape index (κ1) is 23.7. The molecule has 2 rings (SSSR count). The molecule has 0 spiro atoms. The standard InChI is InChI=1S/C23H29N3O5/c1-23(2,3)31-22(29)26(16-18-13-9-6-10-14-18)25-21(28)24-19(20(27)30-4)15-17-11-7-5-8-12-17/h5-14,19H,15-16H2,1-4H3,(H2,24,25,28)/t19-/m0/s1. The highest BCUT2D eigenvalue weighted by Crippen LogP contribution is 2.12. The van der Waals surface area contributed by atoms with Crippen molar-refractivity contribution in [1.29, 1.82) is 0 Å². The summed E-state index contributed by atoms with van der Waals surface area (Å²) in [6.07, 6.45) is -0.476. The summed E-state index contributed by atoms with van der Waals surface area (Å²) in [7, 11) is 1.25. The topological polar surface area (TPSA) is 97.0 Å². The number of ether oxygens (including phenoxy) is 2. The molecule has 3 amide bonds. The van der Waals surface area contributed by atoms with Crippen LogP contribution in [-0.2, 0) is 27.2 Å². The summed E-state index contributed by atoms with van der Waals surface area (Å²) >= 11 is 0. The number of hydrazine groups is 1. The molecule has 0 bridgehead atoms. The SMILES string of the molecule is COC(=O)[C@H](Cc1ccccc1)NC(=O)NN(Cc1ccccc1)C(=O)OC(C)(C)C. The largest absolute Gasteiger partial charge is 0.467 e. The third kappa shape index (κ3) is 8.38. The summed E-state index contributed by atoms with van der Waals surface area (Å²) in [4.78, 5) is 37.5. The number of rotatable bonds is 6. The Morgan fingerprint density at radius 2 is 1.48 bits per heavy atom. The second-order valence-corrected chi connectivity index (χ2v) is 7.90. The number of urea groups is 1. The summed E-state index contributed by atoms with van der Waals surface area (Å²) in [6.45, 7) is 5.29. The van der Waals surface area contributed by atoms with E-state index in [4.69, 9.17) is 9.47 Å². The maximum absolute atomic E-state index is 12.7. The van der Waals surface area contributed by atoms with E-state index in [2.05, 4.69) is 10.7 Å². The first-order valence-corrected chi connectivity index (χ1v) is 9.91. The molecule has 0 heterocycles. The van der Waals surface area contributed by atoms with Crippen LogP contribution < -0.4 is 10.7 Å². The lowest BCUT2D eigenvalue weighted by molar-refractivity contribution is -0.142. The third-order valence-electron chi connectivity index (χ3n) is 4.11. The first-order valence-electron chi connectivity index (χ1n) is 9.91. The van der Waals surface area contributed by atoms with E-state index < -0.39 is 29.7 Å². The molecule has 166 valence electrons. The molecular formula is C23H29N3O5. The average molecular weight is 428 g/mol. The van der Waals surface area contributed by atoms with Crippen molar-refractivity contribution in [2.45, 2.75) is 45.4 Å². The number of hydrogen-bond acceptors (Lipinski definition) is 5. The predicted molar refractivity (Wildman–Crippen MR) is 116 cm³/mol. The van der Waals surface area contributed by atoms with Crippen LogP contribution in [0, 0.1) is 0 Å². The van der Waals surface area contributed by atoms with E-state index in [0.29, 0.717) is 0 Å². The monoisotopic (exact) mass is 427 g/mol. The van der Waals surface area contributed by atoms with E-state index in [1.54, 1.807) is 20.8 Å². The van der Waals surface area contributed by atoms with Crippen LogP contribution in [0.25, 0.3) is 0 Å². The lowest BCUT2D eigenvalue weighted by Crippen LogP contribution is -2.54. The maximum Gasteiger partial charge on any atom is 0.429 e. The Morgan fingerprint density at radius 1 is 0.935 bits per heavy atom. The normalized spacial score (nSPS) is 11.7. The molecule has 2 aromatic carbocycles. The molecular weight excluding hydrogens is 398 g/mol. The molecule has 31 heavy (non-hydrogen) atoms. The van der Waals surface area contributed by atoms with E-state index in [-0.39, 0.29) is 13.0 Å². The van der Waals surface area contributed by atoms with E-state index in [9.17, 15) is 14.4 Å². The van der Waals surface area contributed by atoms with Gasteiger partial charge in [0.2, 0.25) is 0 Å².